The van der Waals surface area contributed by atoms with Gasteiger partial charge in [-0.2, -0.15) is 4.98 Å². The second kappa shape index (κ2) is 15.8. The fourth-order valence-corrected chi connectivity index (χ4v) is 10.8. The second-order valence-corrected chi connectivity index (χ2v) is 17.7. The molecule has 6 fully saturated rings. The maximum Gasteiger partial charge on any atom is 0.257 e. The van der Waals surface area contributed by atoms with E-state index >= 15 is 0 Å². The minimum atomic E-state index is -0.219. The van der Waals surface area contributed by atoms with Crippen LogP contribution >= 0.6 is 0 Å². The lowest BCUT2D eigenvalue weighted by Gasteiger charge is -2.56. The van der Waals surface area contributed by atoms with Gasteiger partial charge in [0.05, 0.1) is 18.5 Å². The standard InChI is InChI=1S/C45H56N8O4/c1-29-18-41(55)53(36-7-5-6-34(22-36)48-43(56)33-8-9-33)42-37(29)28-47-44(50-42)49-38-11-10-35(23-39(38)57-2)52-16-14-51(15-17-52)13-4-3-12-46-40(54)27-45-24-30-19-31(25-45)21-32(20-30)26-45/h5-7,10-11,18,22-23,28,30-33H,3-4,8-9,12-17,19-21,24-27H2,1-2H3,(H,46,54)(H,48,56)(H,47,49,50). The summed E-state index contributed by atoms with van der Waals surface area (Å²) in [7, 11) is 1.66. The molecule has 0 atom stereocenters. The SMILES string of the molecule is COc1cc(N2CCN(CCCCNC(=O)CC34CC5CC(CC(C5)C3)C4)CC2)ccc1Nc1ncc2c(C)cc(=O)n(-c3cccc(NC(=O)C4CC4)c3)c2n1. The van der Waals surface area contributed by atoms with Gasteiger partial charge in [-0.1, -0.05) is 6.07 Å². The number of ether oxygens (including phenoxy) is 1. The van der Waals surface area contributed by atoms with E-state index < -0.39 is 0 Å². The van der Waals surface area contributed by atoms with Gasteiger partial charge in [-0.3, -0.25) is 23.9 Å². The van der Waals surface area contributed by atoms with Crippen molar-refractivity contribution in [2.75, 3.05) is 61.9 Å². The number of carbonyl (C=O) groups excluding carboxylic acids is 2. The summed E-state index contributed by atoms with van der Waals surface area (Å²) in [6, 6.07) is 15.0. The van der Waals surface area contributed by atoms with E-state index in [2.05, 4.69) is 36.8 Å². The molecule has 12 nitrogen and oxygen atoms in total. The molecule has 2 aromatic heterocycles. The van der Waals surface area contributed by atoms with E-state index in [1.165, 1.54) is 38.5 Å². The zero-order valence-corrected chi connectivity index (χ0v) is 33.4. The number of benzene rings is 2. The van der Waals surface area contributed by atoms with Crippen LogP contribution < -0.4 is 31.1 Å². The zero-order valence-electron chi connectivity index (χ0n) is 33.4. The number of amides is 2. The van der Waals surface area contributed by atoms with Crippen molar-refractivity contribution < 1.29 is 14.3 Å². The van der Waals surface area contributed by atoms with Crippen LogP contribution in [0.15, 0.2) is 59.5 Å². The average molecular weight is 773 g/mol. The Labute approximate surface area is 334 Å². The van der Waals surface area contributed by atoms with E-state index in [4.69, 9.17) is 9.72 Å². The van der Waals surface area contributed by atoms with Gasteiger partial charge in [-0.05, 0) is 137 Å². The van der Waals surface area contributed by atoms with Crippen molar-refractivity contribution in [3.05, 3.63) is 70.6 Å². The second-order valence-electron chi connectivity index (χ2n) is 17.7. The average Bonchev–Trinajstić information content (AvgIpc) is 4.04. The summed E-state index contributed by atoms with van der Waals surface area (Å²) in [5, 5.41) is 10.3. The molecule has 10 rings (SSSR count). The molecule has 6 aliphatic rings. The van der Waals surface area contributed by atoms with Crippen molar-refractivity contribution in [1.29, 1.82) is 0 Å². The first kappa shape index (κ1) is 37.6. The summed E-state index contributed by atoms with van der Waals surface area (Å²) in [6.45, 7) is 7.53. The largest absolute Gasteiger partial charge is 0.494 e. The van der Waals surface area contributed by atoms with Gasteiger partial charge in [0.15, 0.2) is 5.65 Å². The van der Waals surface area contributed by atoms with Crippen LogP contribution in [-0.4, -0.2) is 77.6 Å². The Hall–Kier alpha value is -4.97. The van der Waals surface area contributed by atoms with Crippen LogP contribution in [-0.2, 0) is 9.59 Å². The summed E-state index contributed by atoms with van der Waals surface area (Å²) in [5.41, 5.74) is 4.40. The number of nitrogens with zero attached hydrogens (tertiary/aromatic N) is 5. The third-order valence-corrected chi connectivity index (χ3v) is 13.4. The minimum absolute atomic E-state index is 0.00943. The number of rotatable bonds is 14. The van der Waals surface area contributed by atoms with Crippen molar-refractivity contribution in [2.45, 2.75) is 77.6 Å². The number of hydrogen-bond acceptors (Lipinski definition) is 9. The highest BCUT2D eigenvalue weighted by molar-refractivity contribution is 5.94. The first-order chi connectivity index (χ1) is 27.7. The zero-order chi connectivity index (χ0) is 39.1. The van der Waals surface area contributed by atoms with Crippen LogP contribution in [0, 0.1) is 36.0 Å². The normalized spacial score (nSPS) is 24.1. The van der Waals surface area contributed by atoms with Crippen molar-refractivity contribution >= 4 is 45.9 Å². The predicted molar refractivity (Wildman–Crippen MR) is 224 cm³/mol. The molecule has 4 aromatic rings. The lowest BCUT2D eigenvalue weighted by atomic mass is 9.49. The fraction of sp³-hybridized carbons (Fsp3) is 0.533. The summed E-state index contributed by atoms with van der Waals surface area (Å²) < 4.78 is 7.40. The number of piperazine rings is 1. The van der Waals surface area contributed by atoms with Crippen molar-refractivity contribution in [2.24, 2.45) is 29.1 Å². The smallest absolute Gasteiger partial charge is 0.257 e. The molecule has 3 N–H and O–H groups in total. The molecule has 3 heterocycles. The highest BCUT2D eigenvalue weighted by atomic mass is 16.5. The van der Waals surface area contributed by atoms with Crippen LogP contribution in [0.2, 0.25) is 0 Å². The molecule has 2 amide bonds. The van der Waals surface area contributed by atoms with Crippen LogP contribution in [0.25, 0.3) is 16.7 Å². The quantitative estimate of drug-likeness (QED) is 0.118. The van der Waals surface area contributed by atoms with Crippen molar-refractivity contribution in [3.63, 3.8) is 0 Å². The number of fused-ring (bicyclic) bond motifs is 1. The van der Waals surface area contributed by atoms with E-state index in [1.54, 1.807) is 30.0 Å². The molecule has 2 aromatic carbocycles. The number of pyridine rings is 1. The third-order valence-electron chi connectivity index (χ3n) is 13.4. The van der Waals surface area contributed by atoms with E-state index in [-0.39, 0.29) is 23.3 Å². The van der Waals surface area contributed by atoms with Gasteiger partial charge in [0.2, 0.25) is 17.8 Å². The van der Waals surface area contributed by atoms with Gasteiger partial charge in [0.25, 0.3) is 5.56 Å². The van der Waals surface area contributed by atoms with Gasteiger partial charge in [-0.25, -0.2) is 4.98 Å². The van der Waals surface area contributed by atoms with E-state index in [0.29, 0.717) is 34.1 Å². The van der Waals surface area contributed by atoms with Gasteiger partial charge in [0, 0.05) is 80.2 Å². The third kappa shape index (κ3) is 8.24. The Balaban J connectivity index is 0.783. The Kier molecular flexibility index (Phi) is 10.4. The van der Waals surface area contributed by atoms with E-state index in [9.17, 15) is 14.4 Å². The molecular weight excluding hydrogens is 717 g/mol. The molecular formula is C45H56N8O4. The van der Waals surface area contributed by atoms with E-state index in [1.807, 2.05) is 37.3 Å². The number of methoxy groups -OCH3 is 1. The number of anilines is 4. The predicted octanol–water partition coefficient (Wildman–Crippen LogP) is 6.81. The van der Waals surface area contributed by atoms with Gasteiger partial charge in [0.1, 0.15) is 5.75 Å². The molecule has 0 spiro atoms. The van der Waals surface area contributed by atoms with E-state index in [0.717, 1.165) is 111 Å². The summed E-state index contributed by atoms with van der Waals surface area (Å²) in [5.74, 6) is 4.03. The molecule has 5 saturated carbocycles. The highest BCUT2D eigenvalue weighted by Crippen LogP contribution is 2.61. The van der Waals surface area contributed by atoms with Crippen LogP contribution in [0.4, 0.5) is 23.0 Å². The summed E-state index contributed by atoms with van der Waals surface area (Å²) >= 11 is 0. The maximum absolute atomic E-state index is 13.4. The van der Waals surface area contributed by atoms with Gasteiger partial charge in [-0.15, -0.1) is 0 Å². The van der Waals surface area contributed by atoms with Crippen molar-refractivity contribution in [1.82, 2.24) is 24.8 Å². The Morgan fingerprint density at radius 2 is 1.67 bits per heavy atom. The highest BCUT2D eigenvalue weighted by Gasteiger charge is 2.51. The molecule has 4 bridgehead atoms. The number of carbonyl (C=O) groups is 2. The van der Waals surface area contributed by atoms with Crippen molar-refractivity contribution in [3.8, 4) is 11.4 Å². The Bertz CT molecular complexity index is 2170. The molecule has 0 radical (unpaired) electrons. The Morgan fingerprint density at radius 3 is 2.39 bits per heavy atom. The molecule has 1 aliphatic heterocycles. The van der Waals surface area contributed by atoms with Crippen LogP contribution in [0.5, 0.6) is 5.75 Å². The minimum Gasteiger partial charge on any atom is -0.494 e. The first-order valence-electron chi connectivity index (χ1n) is 21.2. The molecule has 5 aliphatic carbocycles. The summed E-state index contributed by atoms with van der Waals surface area (Å²) in [6.07, 6.45) is 14.5. The number of hydrogen-bond donors (Lipinski definition) is 3. The van der Waals surface area contributed by atoms with Gasteiger partial charge >= 0.3 is 0 Å². The number of unbranched alkanes of at least 4 members (excludes halogenated alkanes) is 1. The first-order valence-corrected chi connectivity index (χ1v) is 21.2. The monoisotopic (exact) mass is 772 g/mol. The molecule has 300 valence electrons. The molecule has 0 unspecified atom stereocenters. The maximum atomic E-state index is 13.4. The number of aromatic nitrogens is 3. The molecule has 57 heavy (non-hydrogen) atoms. The van der Waals surface area contributed by atoms with Crippen LogP contribution in [0.1, 0.15) is 76.2 Å². The van der Waals surface area contributed by atoms with Gasteiger partial charge < -0.3 is 25.6 Å². The molecule has 1 saturated heterocycles. The number of aryl methyl sites for hydroxylation is 1. The molecule has 12 heteroatoms. The number of nitrogens with one attached hydrogen (secondary N) is 3. The van der Waals surface area contributed by atoms with Crippen LogP contribution in [0.3, 0.4) is 0 Å². The topological polar surface area (TPSA) is 134 Å². The lowest BCUT2D eigenvalue weighted by Crippen LogP contribution is -2.48. The summed E-state index contributed by atoms with van der Waals surface area (Å²) in [4.78, 5) is 53.2. The Morgan fingerprint density at radius 1 is 0.912 bits per heavy atom. The lowest BCUT2D eigenvalue weighted by molar-refractivity contribution is -0.129. The fourth-order valence-electron chi connectivity index (χ4n) is 10.8.